The highest BCUT2D eigenvalue weighted by Crippen LogP contribution is 2.45. The zero-order valence-corrected chi connectivity index (χ0v) is 25.1. The SMILES string of the molecule is COc1c(N2C[C@@H]3CCCN(C(=O)OC(C)OC(=O)CC(=O)NC(C=O)C=O)[C@@H]3C2)c(F)cc2c(=O)c(C(=O)O)cn(C3CC3)c12. The van der Waals surface area contributed by atoms with E-state index in [9.17, 15) is 38.7 Å². The first-order valence-corrected chi connectivity index (χ1v) is 14.8. The van der Waals surface area contributed by atoms with Crippen LogP contribution in [0.4, 0.5) is 14.9 Å². The normalized spacial score (nSPS) is 19.7. The Bertz CT molecular complexity index is 1650. The van der Waals surface area contributed by atoms with E-state index in [2.05, 4.69) is 0 Å². The number of carbonyl (C=O) groups excluding carboxylic acids is 5. The molecule has 2 saturated heterocycles. The van der Waals surface area contributed by atoms with E-state index < -0.39 is 65.5 Å². The average Bonchev–Trinajstić information content (AvgIpc) is 3.76. The summed E-state index contributed by atoms with van der Waals surface area (Å²) >= 11 is 0. The number of hydrogen-bond donors (Lipinski definition) is 2. The second-order valence-electron chi connectivity index (χ2n) is 11.5. The van der Waals surface area contributed by atoms with Crippen LogP contribution < -0.4 is 20.4 Å². The van der Waals surface area contributed by atoms with E-state index in [0.717, 1.165) is 25.3 Å². The Balaban J connectivity index is 1.33. The van der Waals surface area contributed by atoms with Crippen LogP contribution >= 0.6 is 0 Å². The zero-order valence-electron chi connectivity index (χ0n) is 25.1. The van der Waals surface area contributed by atoms with Gasteiger partial charge in [-0.1, -0.05) is 0 Å². The van der Waals surface area contributed by atoms with Crippen molar-refractivity contribution < 1.29 is 52.5 Å². The molecule has 15 nitrogen and oxygen atoms in total. The number of hydrogen-bond acceptors (Lipinski definition) is 11. The molecule has 3 fully saturated rings. The molecule has 2 aromatic rings. The number of halogens is 1. The third-order valence-corrected chi connectivity index (χ3v) is 8.39. The Hall–Kier alpha value is -5.02. The van der Waals surface area contributed by atoms with Crippen LogP contribution in [0, 0.1) is 11.7 Å². The van der Waals surface area contributed by atoms with Crippen LogP contribution in [0.3, 0.4) is 0 Å². The summed E-state index contributed by atoms with van der Waals surface area (Å²) in [5.41, 5.74) is -0.863. The fourth-order valence-electron chi connectivity index (χ4n) is 6.24. The van der Waals surface area contributed by atoms with Crippen molar-refractivity contribution >= 4 is 53.1 Å². The largest absolute Gasteiger partial charge is 0.492 e. The fraction of sp³-hybridized carbons (Fsp3) is 0.500. The number of carbonyl (C=O) groups is 6. The molecule has 1 saturated carbocycles. The number of ether oxygens (including phenoxy) is 3. The smallest absolute Gasteiger partial charge is 0.413 e. The second-order valence-corrected chi connectivity index (χ2v) is 11.5. The number of carboxylic acids is 1. The summed E-state index contributed by atoms with van der Waals surface area (Å²) in [6.07, 6.45) is 1.61. The van der Waals surface area contributed by atoms with Gasteiger partial charge in [0, 0.05) is 38.8 Å². The van der Waals surface area contributed by atoms with Crippen LogP contribution in [0.5, 0.6) is 5.75 Å². The van der Waals surface area contributed by atoms with Gasteiger partial charge >= 0.3 is 18.0 Å². The number of esters is 1. The molecule has 1 unspecified atom stereocenters. The maximum atomic E-state index is 15.9. The number of likely N-dealkylation sites (tertiary alicyclic amines) is 1. The molecule has 0 bridgehead atoms. The van der Waals surface area contributed by atoms with Gasteiger partial charge in [0.1, 0.15) is 36.3 Å². The lowest BCUT2D eigenvalue weighted by Crippen LogP contribution is -2.49. The van der Waals surface area contributed by atoms with Crippen LogP contribution in [0.1, 0.15) is 55.4 Å². The molecule has 16 heteroatoms. The number of nitrogens with zero attached hydrogens (tertiary/aromatic N) is 3. The number of carboxylic acid groups (broad SMARTS) is 1. The highest BCUT2D eigenvalue weighted by Gasteiger charge is 2.44. The van der Waals surface area contributed by atoms with E-state index in [-0.39, 0.29) is 47.9 Å². The molecular weight excluding hydrogens is 611 g/mol. The van der Waals surface area contributed by atoms with E-state index in [1.165, 1.54) is 25.1 Å². The monoisotopic (exact) mass is 644 g/mol. The molecule has 0 radical (unpaired) electrons. The third kappa shape index (κ3) is 6.37. The Labute approximate surface area is 261 Å². The van der Waals surface area contributed by atoms with Gasteiger partial charge < -0.3 is 48.6 Å². The summed E-state index contributed by atoms with van der Waals surface area (Å²) in [4.78, 5) is 86.6. The van der Waals surface area contributed by atoms with E-state index in [0.29, 0.717) is 25.0 Å². The van der Waals surface area contributed by atoms with Crippen molar-refractivity contribution in [2.45, 2.75) is 63.4 Å². The molecule has 3 heterocycles. The third-order valence-electron chi connectivity index (χ3n) is 8.39. The summed E-state index contributed by atoms with van der Waals surface area (Å²) in [5, 5.41) is 11.5. The van der Waals surface area contributed by atoms with Crippen LogP contribution in [-0.4, -0.2) is 96.2 Å². The summed E-state index contributed by atoms with van der Waals surface area (Å²) < 4.78 is 33.6. The number of aromatic carboxylic acids is 1. The molecule has 1 aromatic carbocycles. The number of fused-ring (bicyclic) bond motifs is 2. The lowest BCUT2D eigenvalue weighted by atomic mass is 9.92. The van der Waals surface area contributed by atoms with Crippen LogP contribution in [0.2, 0.25) is 0 Å². The van der Waals surface area contributed by atoms with Gasteiger partial charge in [-0.05, 0) is 37.7 Å². The summed E-state index contributed by atoms with van der Waals surface area (Å²) in [7, 11) is 1.35. The molecule has 246 valence electrons. The van der Waals surface area contributed by atoms with Crippen molar-refractivity contribution in [2.75, 3.05) is 31.6 Å². The predicted molar refractivity (Wildman–Crippen MR) is 156 cm³/mol. The molecule has 2 amide bonds. The Morgan fingerprint density at radius 1 is 1.13 bits per heavy atom. The van der Waals surface area contributed by atoms with Crippen molar-refractivity contribution in [2.24, 2.45) is 5.92 Å². The number of nitrogens with one attached hydrogen (secondary N) is 1. The minimum Gasteiger partial charge on any atom is -0.492 e. The number of aromatic nitrogens is 1. The van der Waals surface area contributed by atoms with Crippen molar-refractivity contribution in [3.8, 4) is 5.75 Å². The molecule has 1 aliphatic carbocycles. The summed E-state index contributed by atoms with van der Waals surface area (Å²) in [6, 6.07) is -0.818. The zero-order chi connectivity index (χ0) is 33.3. The first-order chi connectivity index (χ1) is 22.0. The highest BCUT2D eigenvalue weighted by atomic mass is 19.1. The number of methoxy groups -OCH3 is 1. The maximum absolute atomic E-state index is 15.9. The Morgan fingerprint density at radius 2 is 1.85 bits per heavy atom. The molecule has 3 aliphatic rings. The summed E-state index contributed by atoms with van der Waals surface area (Å²) in [5.74, 6) is -4.12. The minimum absolute atomic E-state index is 0.0603. The van der Waals surface area contributed by atoms with Gasteiger partial charge in [-0.3, -0.25) is 14.4 Å². The lowest BCUT2D eigenvalue weighted by Gasteiger charge is -2.36. The van der Waals surface area contributed by atoms with Gasteiger partial charge in [0.2, 0.25) is 17.6 Å². The quantitative estimate of drug-likeness (QED) is 0.155. The number of piperidine rings is 1. The highest BCUT2D eigenvalue weighted by molar-refractivity contribution is 5.98. The molecule has 2 N–H and O–H groups in total. The van der Waals surface area contributed by atoms with Crippen LogP contribution in [0.25, 0.3) is 10.9 Å². The number of pyridine rings is 1. The van der Waals surface area contributed by atoms with E-state index in [1.54, 1.807) is 9.47 Å². The topological polar surface area (TPSA) is 191 Å². The van der Waals surface area contributed by atoms with E-state index in [4.69, 9.17) is 14.2 Å². The van der Waals surface area contributed by atoms with Gasteiger partial charge in [-0.2, -0.15) is 0 Å². The molecule has 1 aromatic heterocycles. The maximum Gasteiger partial charge on any atom is 0.413 e. The van der Waals surface area contributed by atoms with Gasteiger partial charge in [-0.15, -0.1) is 0 Å². The first kappa shape index (κ1) is 32.4. The van der Waals surface area contributed by atoms with Gasteiger partial charge in [0.25, 0.3) is 0 Å². The molecule has 3 atom stereocenters. The van der Waals surface area contributed by atoms with Gasteiger partial charge in [0.15, 0.2) is 11.6 Å². The number of aldehydes is 2. The number of amides is 2. The fourth-order valence-corrected chi connectivity index (χ4v) is 6.24. The predicted octanol–water partition coefficient (Wildman–Crippen LogP) is 1.38. The van der Waals surface area contributed by atoms with Crippen molar-refractivity contribution in [3.63, 3.8) is 0 Å². The van der Waals surface area contributed by atoms with Crippen LogP contribution in [-0.2, 0) is 28.7 Å². The molecule has 5 rings (SSSR count). The van der Waals surface area contributed by atoms with Gasteiger partial charge in [-0.25, -0.2) is 14.0 Å². The lowest BCUT2D eigenvalue weighted by molar-refractivity contribution is -0.167. The van der Waals surface area contributed by atoms with Crippen molar-refractivity contribution in [1.29, 1.82) is 0 Å². The van der Waals surface area contributed by atoms with E-state index >= 15 is 4.39 Å². The first-order valence-electron chi connectivity index (χ1n) is 14.8. The number of benzene rings is 1. The summed E-state index contributed by atoms with van der Waals surface area (Å²) in [6.45, 7) is 2.17. The second kappa shape index (κ2) is 13.1. The molecule has 2 aliphatic heterocycles. The minimum atomic E-state index is -1.41. The Morgan fingerprint density at radius 3 is 2.48 bits per heavy atom. The molecular formula is C30H33FN4O11. The Kier molecular flexibility index (Phi) is 9.25. The number of rotatable bonds is 11. The van der Waals surface area contributed by atoms with E-state index in [1.807, 2.05) is 5.32 Å². The van der Waals surface area contributed by atoms with Crippen molar-refractivity contribution in [3.05, 3.63) is 33.9 Å². The van der Waals surface area contributed by atoms with Crippen LogP contribution in [0.15, 0.2) is 17.1 Å². The standard InChI is InChI=1S/C30H33FN4O11/c1-15(45-24(39)9-23(38)32-17(13-36)14-37)46-30(43)34-7-3-4-16-10-33(12-22(16)34)26-21(31)8-19-25(28(26)44-2)35(18-5-6-18)11-20(27(19)40)29(41)42/h8,11,13-18,22H,3-7,9-10,12H2,1-2H3,(H,32,38)(H,41,42)/t15?,16-,22+/m0/s1. The van der Waals surface area contributed by atoms with Gasteiger partial charge in [0.05, 0.1) is 24.1 Å². The number of anilines is 1. The van der Waals surface area contributed by atoms with Crippen molar-refractivity contribution in [1.82, 2.24) is 14.8 Å². The molecule has 0 spiro atoms. The molecule has 46 heavy (non-hydrogen) atoms. The average molecular weight is 645 g/mol.